The van der Waals surface area contributed by atoms with Crippen molar-refractivity contribution in [3.8, 4) is 0 Å². The summed E-state index contributed by atoms with van der Waals surface area (Å²) in [4.78, 5) is 4.02. The molecule has 0 amide bonds. The monoisotopic (exact) mass is 557 g/mol. The fourth-order valence-corrected chi connectivity index (χ4v) is 4.52. The van der Waals surface area contributed by atoms with E-state index in [0.717, 1.165) is 11.3 Å². The number of hydrogen-bond donors (Lipinski definition) is 1. The molecule has 0 spiro atoms. The van der Waals surface area contributed by atoms with Gasteiger partial charge in [0, 0.05) is 19.6 Å². The lowest BCUT2D eigenvalue weighted by molar-refractivity contribution is -0.231. The Labute approximate surface area is 221 Å². The molecule has 2 heterocycles. The highest BCUT2D eigenvalue weighted by atomic mass is 19.4. The Morgan fingerprint density at radius 3 is 2.28 bits per heavy atom. The van der Waals surface area contributed by atoms with Crippen LogP contribution in [-0.4, -0.2) is 58.7 Å². The first-order valence-corrected chi connectivity index (χ1v) is 12.2. The van der Waals surface area contributed by atoms with Gasteiger partial charge in [-0.3, -0.25) is 10.00 Å². The SMILES string of the molecule is C[C@H](OC1OCCN(Cc2nn[nH]c2CN(C)C)C1c1ccccc1)c1cc(C(F)(F)F)cc(C(F)(F)F)c1. The van der Waals surface area contributed by atoms with E-state index in [2.05, 4.69) is 20.3 Å². The number of ether oxygens (including phenoxy) is 2. The Kier molecular flexibility index (Phi) is 8.64. The zero-order valence-corrected chi connectivity index (χ0v) is 21.6. The molecule has 4 rings (SSSR count). The Bertz CT molecular complexity index is 1200. The number of hydrogen-bond acceptors (Lipinski definition) is 6. The van der Waals surface area contributed by atoms with E-state index in [4.69, 9.17) is 9.47 Å². The van der Waals surface area contributed by atoms with Crippen LogP contribution in [0.25, 0.3) is 0 Å². The molecule has 3 aromatic rings. The number of morpholine rings is 1. The maximum Gasteiger partial charge on any atom is 0.416 e. The molecule has 3 atom stereocenters. The van der Waals surface area contributed by atoms with Gasteiger partial charge in [-0.2, -0.15) is 26.3 Å². The van der Waals surface area contributed by atoms with Gasteiger partial charge in [0.25, 0.3) is 0 Å². The molecule has 1 fully saturated rings. The maximum absolute atomic E-state index is 13.4. The van der Waals surface area contributed by atoms with E-state index in [1.165, 1.54) is 6.92 Å². The minimum absolute atomic E-state index is 0.102. The highest BCUT2D eigenvalue weighted by Crippen LogP contribution is 2.39. The van der Waals surface area contributed by atoms with Gasteiger partial charge in [0.1, 0.15) is 5.69 Å². The summed E-state index contributed by atoms with van der Waals surface area (Å²) >= 11 is 0. The first-order chi connectivity index (χ1) is 18.3. The van der Waals surface area contributed by atoms with Gasteiger partial charge in [-0.1, -0.05) is 35.5 Å². The third kappa shape index (κ3) is 7.15. The third-order valence-corrected chi connectivity index (χ3v) is 6.40. The molecule has 1 aromatic heterocycles. The normalized spacial score (nSPS) is 19.9. The fourth-order valence-electron chi connectivity index (χ4n) is 4.52. The summed E-state index contributed by atoms with van der Waals surface area (Å²) in [7, 11) is 3.82. The fraction of sp³-hybridized carbons (Fsp3) is 0.462. The predicted octanol–water partition coefficient (Wildman–Crippen LogP) is 5.58. The zero-order valence-electron chi connectivity index (χ0n) is 21.6. The summed E-state index contributed by atoms with van der Waals surface area (Å²) in [6, 6.07) is 10.2. The van der Waals surface area contributed by atoms with Crippen molar-refractivity contribution in [2.45, 2.75) is 50.8 Å². The summed E-state index contributed by atoms with van der Waals surface area (Å²) in [6.45, 7) is 3.09. The van der Waals surface area contributed by atoms with Gasteiger partial charge in [0.2, 0.25) is 0 Å². The van der Waals surface area contributed by atoms with Crippen molar-refractivity contribution in [2.24, 2.45) is 0 Å². The number of halogens is 6. The summed E-state index contributed by atoms with van der Waals surface area (Å²) in [5, 5.41) is 11.1. The van der Waals surface area contributed by atoms with Crippen molar-refractivity contribution in [3.05, 3.63) is 82.2 Å². The highest BCUT2D eigenvalue weighted by molar-refractivity contribution is 5.34. The van der Waals surface area contributed by atoms with E-state index in [-0.39, 0.29) is 18.2 Å². The van der Waals surface area contributed by atoms with E-state index >= 15 is 0 Å². The molecule has 0 saturated carbocycles. The number of H-pyrrole nitrogens is 1. The molecular weight excluding hydrogens is 528 g/mol. The molecule has 1 aliphatic heterocycles. The van der Waals surface area contributed by atoms with Crippen molar-refractivity contribution >= 4 is 0 Å². The summed E-state index contributed by atoms with van der Waals surface area (Å²) in [5.41, 5.74) is -0.693. The quantitative estimate of drug-likeness (QED) is 0.365. The van der Waals surface area contributed by atoms with Gasteiger partial charge >= 0.3 is 12.4 Å². The van der Waals surface area contributed by atoms with E-state index in [9.17, 15) is 26.3 Å². The second-order valence-corrected chi connectivity index (χ2v) is 9.66. The molecule has 0 aliphatic carbocycles. The third-order valence-electron chi connectivity index (χ3n) is 6.40. The summed E-state index contributed by atoms with van der Waals surface area (Å²) < 4.78 is 92.6. The van der Waals surface area contributed by atoms with Crippen molar-refractivity contribution in [2.75, 3.05) is 27.2 Å². The first kappa shape index (κ1) is 29.0. The lowest BCUT2D eigenvalue weighted by Gasteiger charge is -2.42. The van der Waals surface area contributed by atoms with Gasteiger partial charge in [0.15, 0.2) is 6.29 Å². The van der Waals surface area contributed by atoms with E-state index in [0.29, 0.717) is 37.5 Å². The molecular formula is C26H29F6N5O2. The number of nitrogens with one attached hydrogen (secondary N) is 1. The average Bonchev–Trinajstić information content (AvgIpc) is 3.29. The van der Waals surface area contributed by atoms with Gasteiger partial charge in [-0.25, -0.2) is 0 Å². The van der Waals surface area contributed by atoms with Gasteiger partial charge in [-0.15, -0.1) is 5.10 Å². The van der Waals surface area contributed by atoms with Gasteiger partial charge in [0.05, 0.1) is 35.6 Å². The Balaban J connectivity index is 1.64. The lowest BCUT2D eigenvalue weighted by atomic mass is 10.0. The van der Waals surface area contributed by atoms with Crippen molar-refractivity contribution in [3.63, 3.8) is 0 Å². The molecule has 2 aromatic carbocycles. The predicted molar refractivity (Wildman–Crippen MR) is 129 cm³/mol. The lowest BCUT2D eigenvalue weighted by Crippen LogP contribution is -2.46. The van der Waals surface area contributed by atoms with Crippen LogP contribution in [0, 0.1) is 0 Å². The number of rotatable bonds is 8. The van der Waals surface area contributed by atoms with Gasteiger partial charge in [-0.05, 0) is 50.3 Å². The number of benzene rings is 2. The molecule has 0 bridgehead atoms. The molecule has 1 saturated heterocycles. The average molecular weight is 558 g/mol. The maximum atomic E-state index is 13.4. The first-order valence-electron chi connectivity index (χ1n) is 12.2. The van der Waals surface area contributed by atoms with Crippen LogP contribution in [0.5, 0.6) is 0 Å². The molecule has 212 valence electrons. The Morgan fingerprint density at radius 2 is 1.69 bits per heavy atom. The van der Waals surface area contributed by atoms with E-state index in [1.54, 1.807) is 0 Å². The van der Waals surface area contributed by atoms with Crippen LogP contribution in [0.2, 0.25) is 0 Å². The molecule has 1 aliphatic rings. The molecule has 7 nitrogen and oxygen atoms in total. The van der Waals surface area contributed by atoms with Crippen LogP contribution >= 0.6 is 0 Å². The topological polar surface area (TPSA) is 66.5 Å². The summed E-state index contributed by atoms with van der Waals surface area (Å²) in [5.74, 6) is 0. The van der Waals surface area contributed by atoms with Crippen LogP contribution < -0.4 is 0 Å². The van der Waals surface area contributed by atoms with Crippen molar-refractivity contribution < 1.29 is 35.8 Å². The second kappa shape index (κ2) is 11.6. The van der Waals surface area contributed by atoms with Crippen LogP contribution in [-0.2, 0) is 34.9 Å². The Hall–Kier alpha value is -3.00. The molecule has 2 unspecified atom stereocenters. The van der Waals surface area contributed by atoms with Crippen LogP contribution in [0.4, 0.5) is 26.3 Å². The molecule has 0 radical (unpaired) electrons. The largest absolute Gasteiger partial charge is 0.416 e. The number of aromatic nitrogens is 3. The number of nitrogens with zero attached hydrogens (tertiary/aromatic N) is 4. The van der Waals surface area contributed by atoms with Crippen molar-refractivity contribution in [1.82, 2.24) is 25.2 Å². The van der Waals surface area contributed by atoms with Crippen LogP contribution in [0.1, 0.15) is 52.7 Å². The van der Waals surface area contributed by atoms with E-state index in [1.807, 2.05) is 49.3 Å². The molecule has 1 N–H and O–H groups in total. The van der Waals surface area contributed by atoms with Crippen LogP contribution in [0.3, 0.4) is 0 Å². The number of alkyl halides is 6. The second-order valence-electron chi connectivity index (χ2n) is 9.66. The standard InChI is InChI=1S/C26H29F6N5O2/c1-16(18-11-19(25(27,28)29)13-20(12-18)26(30,31)32)39-24-23(17-7-5-4-6-8-17)37(9-10-38-24)15-22-21(14-36(2)3)33-35-34-22/h4-8,11-13,16,23-24H,9-10,14-15H2,1-3H3,(H,33,34,35)/t16-,23?,24?/m0/s1. The zero-order chi connectivity index (χ0) is 28.4. The smallest absolute Gasteiger partial charge is 0.349 e. The van der Waals surface area contributed by atoms with E-state index < -0.39 is 41.9 Å². The van der Waals surface area contributed by atoms with Gasteiger partial charge < -0.3 is 14.4 Å². The molecule has 39 heavy (non-hydrogen) atoms. The van der Waals surface area contributed by atoms with Crippen LogP contribution in [0.15, 0.2) is 48.5 Å². The van der Waals surface area contributed by atoms with Crippen molar-refractivity contribution in [1.29, 1.82) is 0 Å². The Morgan fingerprint density at radius 1 is 1.05 bits per heavy atom. The summed E-state index contributed by atoms with van der Waals surface area (Å²) in [6.07, 6.45) is -12.0. The minimum atomic E-state index is -4.96. The molecule has 13 heteroatoms. The minimum Gasteiger partial charge on any atom is -0.349 e. The highest BCUT2D eigenvalue weighted by Gasteiger charge is 2.39. The number of aromatic amines is 1.